The van der Waals surface area contributed by atoms with Crippen molar-refractivity contribution in [1.29, 1.82) is 0 Å². The molecule has 2 nitrogen and oxygen atoms in total. The van der Waals surface area contributed by atoms with Crippen molar-refractivity contribution in [3.05, 3.63) is 29.8 Å². The summed E-state index contributed by atoms with van der Waals surface area (Å²) < 4.78 is 0. The molecule has 0 aliphatic heterocycles. The van der Waals surface area contributed by atoms with Gasteiger partial charge in [0, 0.05) is 0 Å². The van der Waals surface area contributed by atoms with Crippen LogP contribution in [0.25, 0.3) is 0 Å². The Bertz CT molecular complexity index is 308. The Hall–Kier alpha value is -0.960. The molecule has 0 saturated heterocycles. The number of carbonyl (C=O) groups is 1. The zero-order valence-electron chi connectivity index (χ0n) is 7.78. The van der Waals surface area contributed by atoms with E-state index in [2.05, 4.69) is 0 Å². The fraction of sp³-hybridized carbons (Fsp3) is 0.300. The number of phenolic OH excluding ortho intramolecular Hbond substituents is 1. The van der Waals surface area contributed by atoms with Crippen LogP contribution in [0.2, 0.25) is 0 Å². The van der Waals surface area contributed by atoms with Gasteiger partial charge in [0.2, 0.25) is 5.78 Å². The molecule has 0 spiro atoms. The summed E-state index contributed by atoms with van der Waals surface area (Å²) in [7, 11) is 0.0849. The number of para-hydroxylation sites is 1. The summed E-state index contributed by atoms with van der Waals surface area (Å²) in [6.45, 7) is 0. The number of ketones is 1. The van der Waals surface area contributed by atoms with E-state index in [1.807, 2.05) is 12.5 Å². The van der Waals surface area contributed by atoms with Gasteiger partial charge in [-0.2, -0.15) is 0 Å². The minimum atomic E-state index is 0.0198. The molecular weight excluding hydrogens is 184 g/mol. The summed E-state index contributed by atoms with van der Waals surface area (Å²) in [5, 5.41) is 9.38. The Labute approximate surface area is 80.9 Å². The number of rotatable bonds is 3. The van der Waals surface area contributed by atoms with Gasteiger partial charge in [-0.3, -0.25) is 4.79 Å². The predicted octanol–water partition coefficient (Wildman–Crippen LogP) is 1.45. The monoisotopic (exact) mass is 197 g/mol. The van der Waals surface area contributed by atoms with Crippen molar-refractivity contribution in [3.8, 4) is 5.75 Å². The molecule has 0 radical (unpaired) electrons. The molecule has 0 aliphatic rings. The van der Waals surface area contributed by atoms with Crippen LogP contribution in [0.5, 0.6) is 5.75 Å². The molecule has 1 aromatic rings. The lowest BCUT2D eigenvalue weighted by Crippen LogP contribution is -2.13. The van der Waals surface area contributed by atoms with Gasteiger partial charge in [0.25, 0.3) is 0 Å². The van der Waals surface area contributed by atoms with Gasteiger partial charge in [-0.15, -0.1) is 0 Å². The molecule has 0 amide bonds. The summed E-state index contributed by atoms with van der Waals surface area (Å²) in [4.78, 5) is 11.5. The molecule has 3 heteroatoms. The molecular formula is C10H13O2S+. The highest BCUT2D eigenvalue weighted by atomic mass is 32.2. The molecule has 1 N–H and O–H groups in total. The van der Waals surface area contributed by atoms with Gasteiger partial charge in [-0.25, -0.2) is 0 Å². The maximum atomic E-state index is 11.5. The first-order valence-corrected chi connectivity index (χ1v) is 6.17. The van der Waals surface area contributed by atoms with Crippen molar-refractivity contribution < 1.29 is 9.90 Å². The lowest BCUT2D eigenvalue weighted by atomic mass is 10.1. The number of benzene rings is 1. The van der Waals surface area contributed by atoms with Crippen LogP contribution in [-0.2, 0) is 10.9 Å². The van der Waals surface area contributed by atoms with E-state index in [1.54, 1.807) is 18.2 Å². The second kappa shape index (κ2) is 4.33. The minimum Gasteiger partial charge on any atom is -0.507 e. The number of carbonyl (C=O) groups excluding carboxylic acids is 1. The number of hydrogen-bond donors (Lipinski definition) is 1. The van der Waals surface area contributed by atoms with E-state index in [4.69, 9.17) is 0 Å². The fourth-order valence-corrected chi connectivity index (χ4v) is 1.73. The van der Waals surface area contributed by atoms with E-state index < -0.39 is 0 Å². The minimum absolute atomic E-state index is 0.0198. The average Bonchev–Trinajstić information content (AvgIpc) is 2.03. The number of Topliss-reactive ketones (excluding diaryl/α,β-unsaturated/α-hetero) is 1. The first kappa shape index (κ1) is 10.1. The maximum absolute atomic E-state index is 11.5. The summed E-state index contributed by atoms with van der Waals surface area (Å²) in [6.07, 6.45) is 4.02. The molecule has 0 aliphatic carbocycles. The van der Waals surface area contributed by atoms with Gasteiger partial charge in [0.1, 0.15) is 5.75 Å². The van der Waals surface area contributed by atoms with E-state index in [9.17, 15) is 9.90 Å². The van der Waals surface area contributed by atoms with Gasteiger partial charge in [-0.05, 0) is 23.0 Å². The van der Waals surface area contributed by atoms with Crippen LogP contribution in [0.1, 0.15) is 10.4 Å². The van der Waals surface area contributed by atoms with Gasteiger partial charge in [0.05, 0.1) is 18.1 Å². The first-order valence-electron chi connectivity index (χ1n) is 3.96. The molecule has 0 unspecified atom stereocenters. The van der Waals surface area contributed by atoms with Gasteiger partial charge in [-0.1, -0.05) is 12.1 Å². The van der Waals surface area contributed by atoms with E-state index in [-0.39, 0.29) is 22.4 Å². The highest BCUT2D eigenvalue weighted by Crippen LogP contribution is 2.16. The summed E-state index contributed by atoms with van der Waals surface area (Å²) >= 11 is 0. The van der Waals surface area contributed by atoms with Crippen LogP contribution in [0.4, 0.5) is 0 Å². The Morgan fingerprint density at radius 2 is 2.00 bits per heavy atom. The lowest BCUT2D eigenvalue weighted by Gasteiger charge is -2.00. The molecule has 0 saturated carbocycles. The van der Waals surface area contributed by atoms with Crippen LogP contribution in [-0.4, -0.2) is 29.2 Å². The second-order valence-electron chi connectivity index (χ2n) is 3.07. The Morgan fingerprint density at radius 3 is 2.54 bits per heavy atom. The third kappa shape index (κ3) is 2.77. The van der Waals surface area contributed by atoms with E-state index in [0.717, 1.165) is 0 Å². The summed E-state index contributed by atoms with van der Waals surface area (Å²) in [6, 6.07) is 6.67. The van der Waals surface area contributed by atoms with E-state index in [1.165, 1.54) is 6.07 Å². The SMILES string of the molecule is C[S+](C)CC(=O)c1ccccc1O. The molecule has 1 aromatic carbocycles. The lowest BCUT2D eigenvalue weighted by molar-refractivity contribution is 0.101. The number of aromatic hydroxyl groups is 1. The Balaban J connectivity index is 2.83. The largest absolute Gasteiger partial charge is 0.507 e. The smallest absolute Gasteiger partial charge is 0.215 e. The quantitative estimate of drug-likeness (QED) is 0.588. The Kier molecular flexibility index (Phi) is 3.37. The number of phenols is 1. The van der Waals surface area contributed by atoms with E-state index in [0.29, 0.717) is 11.3 Å². The van der Waals surface area contributed by atoms with Crippen LogP contribution in [0.3, 0.4) is 0 Å². The fourth-order valence-electron chi connectivity index (χ4n) is 1.05. The highest BCUT2D eigenvalue weighted by Gasteiger charge is 2.16. The van der Waals surface area contributed by atoms with Gasteiger partial charge >= 0.3 is 0 Å². The zero-order valence-corrected chi connectivity index (χ0v) is 8.60. The highest BCUT2D eigenvalue weighted by molar-refractivity contribution is 7.96. The van der Waals surface area contributed by atoms with Crippen LogP contribution in [0.15, 0.2) is 24.3 Å². The number of hydrogen-bond acceptors (Lipinski definition) is 2. The maximum Gasteiger partial charge on any atom is 0.215 e. The van der Waals surface area contributed by atoms with E-state index >= 15 is 0 Å². The predicted molar refractivity (Wildman–Crippen MR) is 56.5 cm³/mol. The van der Waals surface area contributed by atoms with Crippen LogP contribution < -0.4 is 0 Å². The second-order valence-corrected chi connectivity index (χ2v) is 5.33. The van der Waals surface area contributed by atoms with Crippen LogP contribution >= 0.6 is 0 Å². The molecule has 13 heavy (non-hydrogen) atoms. The molecule has 0 bridgehead atoms. The van der Waals surface area contributed by atoms with Gasteiger partial charge in [0.15, 0.2) is 5.75 Å². The van der Waals surface area contributed by atoms with Gasteiger partial charge < -0.3 is 5.11 Å². The standard InChI is InChI=1S/C10H12O2S/c1-13(2)7-10(12)8-5-3-4-6-9(8)11/h3-6H,7H2,1-2H3/p+1. The van der Waals surface area contributed by atoms with Crippen LogP contribution in [0, 0.1) is 0 Å². The first-order chi connectivity index (χ1) is 6.11. The molecule has 0 fully saturated rings. The molecule has 1 rings (SSSR count). The van der Waals surface area contributed by atoms with Crippen molar-refractivity contribution in [2.24, 2.45) is 0 Å². The zero-order chi connectivity index (χ0) is 9.84. The summed E-state index contributed by atoms with van der Waals surface area (Å²) in [5.41, 5.74) is 0.434. The summed E-state index contributed by atoms with van der Waals surface area (Å²) in [5.74, 6) is 0.613. The topological polar surface area (TPSA) is 37.3 Å². The van der Waals surface area contributed by atoms with Crippen molar-refractivity contribution >= 4 is 16.7 Å². The van der Waals surface area contributed by atoms with Crippen molar-refractivity contribution in [2.45, 2.75) is 0 Å². The van der Waals surface area contributed by atoms with Crippen molar-refractivity contribution in [3.63, 3.8) is 0 Å². The van der Waals surface area contributed by atoms with Crippen molar-refractivity contribution in [2.75, 3.05) is 18.3 Å². The average molecular weight is 197 g/mol. The van der Waals surface area contributed by atoms with Crippen molar-refractivity contribution in [1.82, 2.24) is 0 Å². The Morgan fingerprint density at radius 1 is 1.38 bits per heavy atom. The third-order valence-electron chi connectivity index (χ3n) is 1.62. The normalized spacial score (nSPS) is 10.4. The molecule has 0 heterocycles. The molecule has 0 atom stereocenters. The molecule has 0 aromatic heterocycles. The molecule has 70 valence electrons. The third-order valence-corrected chi connectivity index (χ3v) is 2.46.